The lowest BCUT2D eigenvalue weighted by atomic mass is 10.1. The van der Waals surface area contributed by atoms with Crippen LogP contribution in [0.15, 0.2) is 40.9 Å². The summed E-state index contributed by atoms with van der Waals surface area (Å²) in [7, 11) is 0. The first kappa shape index (κ1) is 15.3. The molecule has 0 spiro atoms. The van der Waals surface area contributed by atoms with Gasteiger partial charge in [0.15, 0.2) is 0 Å². The number of halogens is 3. The number of nitrogens with two attached hydrogens (primary N) is 1. The fourth-order valence-electron chi connectivity index (χ4n) is 1.93. The molecule has 0 saturated carbocycles. The number of hydrogen-bond donors (Lipinski definition) is 2. The number of hydrogen-bond acceptors (Lipinski definition) is 2. The second-order valence-electron chi connectivity index (χ2n) is 4.56. The molecule has 106 valence electrons. The quantitative estimate of drug-likeness (QED) is 0.835. The van der Waals surface area contributed by atoms with Gasteiger partial charge in [0, 0.05) is 21.7 Å². The molecule has 1 atom stereocenters. The Balaban J connectivity index is 2.28. The van der Waals surface area contributed by atoms with E-state index < -0.39 is 0 Å². The minimum absolute atomic E-state index is 0.196. The molecule has 0 saturated heterocycles. The van der Waals surface area contributed by atoms with Crippen LogP contribution in [0.25, 0.3) is 0 Å². The minimum Gasteiger partial charge on any atom is -0.377 e. The van der Waals surface area contributed by atoms with Crippen molar-refractivity contribution >= 4 is 33.2 Å². The van der Waals surface area contributed by atoms with E-state index in [-0.39, 0.29) is 11.9 Å². The molecule has 0 amide bonds. The van der Waals surface area contributed by atoms with E-state index in [1.165, 1.54) is 12.1 Å². The van der Waals surface area contributed by atoms with E-state index in [0.29, 0.717) is 11.6 Å². The smallest absolute Gasteiger partial charge is 0.123 e. The van der Waals surface area contributed by atoms with Gasteiger partial charge in [-0.3, -0.25) is 0 Å². The SMILES string of the molecule is Cc1ccc(NC(CN)c2cc(F)ccc2Br)cc1Cl. The van der Waals surface area contributed by atoms with Crippen molar-refractivity contribution < 1.29 is 4.39 Å². The second-order valence-corrected chi connectivity index (χ2v) is 5.82. The monoisotopic (exact) mass is 356 g/mol. The van der Waals surface area contributed by atoms with Gasteiger partial charge in [-0.25, -0.2) is 4.39 Å². The molecule has 0 heterocycles. The first-order chi connectivity index (χ1) is 9.51. The molecule has 0 aliphatic heterocycles. The molecular formula is C15H15BrClFN2. The number of benzene rings is 2. The van der Waals surface area contributed by atoms with Crippen molar-refractivity contribution in [3.63, 3.8) is 0 Å². The van der Waals surface area contributed by atoms with E-state index in [4.69, 9.17) is 17.3 Å². The Labute approximate surface area is 131 Å². The fraction of sp³-hybridized carbons (Fsp3) is 0.200. The Morgan fingerprint density at radius 1 is 1.30 bits per heavy atom. The van der Waals surface area contributed by atoms with E-state index in [1.807, 2.05) is 25.1 Å². The third-order valence-electron chi connectivity index (χ3n) is 3.08. The molecule has 3 N–H and O–H groups in total. The van der Waals surface area contributed by atoms with Gasteiger partial charge in [0.25, 0.3) is 0 Å². The van der Waals surface area contributed by atoms with Crippen LogP contribution in [-0.4, -0.2) is 6.54 Å². The summed E-state index contributed by atoms with van der Waals surface area (Å²) in [6.07, 6.45) is 0. The maximum atomic E-state index is 13.4. The highest BCUT2D eigenvalue weighted by molar-refractivity contribution is 9.10. The highest BCUT2D eigenvalue weighted by Gasteiger charge is 2.14. The Kier molecular flexibility index (Phi) is 5.02. The molecular weight excluding hydrogens is 343 g/mol. The summed E-state index contributed by atoms with van der Waals surface area (Å²) < 4.78 is 14.2. The van der Waals surface area contributed by atoms with Gasteiger partial charge < -0.3 is 11.1 Å². The highest BCUT2D eigenvalue weighted by atomic mass is 79.9. The van der Waals surface area contributed by atoms with E-state index in [1.54, 1.807) is 6.07 Å². The second kappa shape index (κ2) is 6.57. The Morgan fingerprint density at radius 2 is 2.05 bits per heavy atom. The van der Waals surface area contributed by atoms with E-state index >= 15 is 0 Å². The molecule has 0 fully saturated rings. The van der Waals surface area contributed by atoms with Crippen LogP contribution in [0.4, 0.5) is 10.1 Å². The summed E-state index contributed by atoms with van der Waals surface area (Å²) in [4.78, 5) is 0. The van der Waals surface area contributed by atoms with Gasteiger partial charge in [-0.15, -0.1) is 0 Å². The number of aryl methyl sites for hydroxylation is 1. The van der Waals surface area contributed by atoms with E-state index in [0.717, 1.165) is 21.3 Å². The van der Waals surface area contributed by atoms with Crippen molar-refractivity contribution in [1.29, 1.82) is 0 Å². The van der Waals surface area contributed by atoms with Gasteiger partial charge in [-0.05, 0) is 48.4 Å². The predicted molar refractivity (Wildman–Crippen MR) is 85.7 cm³/mol. The molecule has 0 aliphatic rings. The van der Waals surface area contributed by atoms with Crippen LogP contribution in [0, 0.1) is 12.7 Å². The molecule has 0 bridgehead atoms. The highest BCUT2D eigenvalue weighted by Crippen LogP contribution is 2.28. The van der Waals surface area contributed by atoms with Crippen LogP contribution in [0.5, 0.6) is 0 Å². The molecule has 1 unspecified atom stereocenters. The minimum atomic E-state index is -0.287. The molecule has 0 aliphatic carbocycles. The zero-order chi connectivity index (χ0) is 14.7. The van der Waals surface area contributed by atoms with Gasteiger partial charge in [0.1, 0.15) is 5.82 Å². The van der Waals surface area contributed by atoms with Crippen molar-refractivity contribution in [2.45, 2.75) is 13.0 Å². The van der Waals surface area contributed by atoms with Crippen LogP contribution in [-0.2, 0) is 0 Å². The standard InChI is InChI=1S/C15H15BrClFN2/c1-9-2-4-11(7-14(9)17)20-15(8-19)12-6-10(18)3-5-13(12)16/h2-7,15,20H,8,19H2,1H3. The average Bonchev–Trinajstić information content (AvgIpc) is 2.43. The van der Waals surface area contributed by atoms with Crippen molar-refractivity contribution in [3.8, 4) is 0 Å². The van der Waals surface area contributed by atoms with Gasteiger partial charge >= 0.3 is 0 Å². The normalized spacial score (nSPS) is 12.2. The zero-order valence-corrected chi connectivity index (χ0v) is 13.3. The lowest BCUT2D eigenvalue weighted by Crippen LogP contribution is -2.21. The molecule has 2 aromatic rings. The molecule has 5 heteroatoms. The van der Waals surface area contributed by atoms with Crippen molar-refractivity contribution in [2.24, 2.45) is 5.73 Å². The number of rotatable bonds is 4. The Hall–Kier alpha value is -1.10. The summed E-state index contributed by atoms with van der Waals surface area (Å²) in [5, 5.41) is 3.96. The molecule has 20 heavy (non-hydrogen) atoms. The first-order valence-corrected chi connectivity index (χ1v) is 7.36. The Bertz CT molecular complexity index is 619. The topological polar surface area (TPSA) is 38.0 Å². The van der Waals surface area contributed by atoms with Crippen molar-refractivity contribution in [3.05, 3.63) is 62.8 Å². The van der Waals surface area contributed by atoms with Crippen LogP contribution in [0.2, 0.25) is 5.02 Å². The van der Waals surface area contributed by atoms with Crippen LogP contribution < -0.4 is 11.1 Å². The predicted octanol–water partition coefficient (Wildman–Crippen LogP) is 4.66. The summed E-state index contributed by atoms with van der Waals surface area (Å²) in [5.74, 6) is -0.287. The van der Waals surface area contributed by atoms with Crippen LogP contribution in [0.1, 0.15) is 17.2 Å². The largest absolute Gasteiger partial charge is 0.377 e. The molecule has 2 aromatic carbocycles. The first-order valence-electron chi connectivity index (χ1n) is 6.19. The lowest BCUT2D eigenvalue weighted by molar-refractivity contribution is 0.621. The van der Waals surface area contributed by atoms with Gasteiger partial charge in [0.05, 0.1) is 6.04 Å². The third-order valence-corrected chi connectivity index (χ3v) is 4.21. The summed E-state index contributed by atoms with van der Waals surface area (Å²) in [5.41, 5.74) is 8.44. The average molecular weight is 358 g/mol. The van der Waals surface area contributed by atoms with Gasteiger partial charge in [-0.2, -0.15) is 0 Å². The molecule has 0 radical (unpaired) electrons. The van der Waals surface area contributed by atoms with Crippen molar-refractivity contribution in [2.75, 3.05) is 11.9 Å². The summed E-state index contributed by atoms with van der Waals surface area (Å²) in [6, 6.07) is 10.1. The summed E-state index contributed by atoms with van der Waals surface area (Å²) >= 11 is 9.53. The maximum absolute atomic E-state index is 13.4. The van der Waals surface area contributed by atoms with E-state index in [2.05, 4.69) is 21.2 Å². The number of nitrogens with one attached hydrogen (secondary N) is 1. The van der Waals surface area contributed by atoms with Crippen LogP contribution >= 0.6 is 27.5 Å². The lowest BCUT2D eigenvalue weighted by Gasteiger charge is -2.20. The maximum Gasteiger partial charge on any atom is 0.123 e. The van der Waals surface area contributed by atoms with Crippen molar-refractivity contribution in [1.82, 2.24) is 0 Å². The van der Waals surface area contributed by atoms with Crippen LogP contribution in [0.3, 0.4) is 0 Å². The molecule has 2 nitrogen and oxygen atoms in total. The molecule has 2 rings (SSSR count). The Morgan fingerprint density at radius 3 is 2.70 bits per heavy atom. The number of anilines is 1. The van der Waals surface area contributed by atoms with Gasteiger partial charge in [0.2, 0.25) is 0 Å². The van der Waals surface area contributed by atoms with E-state index in [9.17, 15) is 4.39 Å². The molecule has 0 aromatic heterocycles. The zero-order valence-electron chi connectivity index (χ0n) is 11.0. The third kappa shape index (κ3) is 3.51. The fourth-order valence-corrected chi connectivity index (χ4v) is 2.63. The van der Waals surface area contributed by atoms with Gasteiger partial charge in [-0.1, -0.05) is 33.6 Å². The summed E-state index contributed by atoms with van der Waals surface area (Å²) in [6.45, 7) is 2.28.